The molecule has 0 saturated heterocycles. The molecule has 1 aliphatic carbocycles. The van der Waals surface area contributed by atoms with Crippen molar-refractivity contribution >= 4 is 5.97 Å². The van der Waals surface area contributed by atoms with E-state index < -0.39 is 6.04 Å². The highest BCUT2D eigenvalue weighted by atomic mass is 16.5. The topological polar surface area (TPSA) is 82.4 Å². The van der Waals surface area contributed by atoms with Crippen LogP contribution in [0.15, 0.2) is 30.3 Å². The minimum absolute atomic E-state index is 0.0692. The molecule has 5 heteroatoms. The lowest BCUT2D eigenvalue weighted by atomic mass is 10.0. The smallest absolute Gasteiger partial charge is 0.309 e. The van der Waals surface area contributed by atoms with Crippen LogP contribution in [0.5, 0.6) is 0 Å². The van der Waals surface area contributed by atoms with E-state index in [0.29, 0.717) is 0 Å². The predicted octanol–water partition coefficient (Wildman–Crippen LogP) is 1.26. The molecule has 2 N–H and O–H groups in total. The Kier molecular flexibility index (Phi) is 4.94. The first-order valence-corrected chi connectivity index (χ1v) is 7.03. The van der Waals surface area contributed by atoms with Gasteiger partial charge >= 0.3 is 5.97 Å². The Morgan fingerprint density at radius 1 is 1.48 bits per heavy atom. The van der Waals surface area contributed by atoms with E-state index >= 15 is 0 Å². The molecule has 0 unspecified atom stereocenters. The fraction of sp³-hybridized carbons (Fsp3) is 0.500. The maximum atomic E-state index is 11.6. The molecule has 0 aliphatic heterocycles. The van der Waals surface area contributed by atoms with Gasteiger partial charge in [0.05, 0.1) is 37.8 Å². The van der Waals surface area contributed by atoms with Crippen molar-refractivity contribution in [2.75, 3.05) is 13.7 Å². The molecule has 0 amide bonds. The van der Waals surface area contributed by atoms with Gasteiger partial charge in [0.2, 0.25) is 0 Å². The van der Waals surface area contributed by atoms with Gasteiger partial charge in [0.1, 0.15) is 0 Å². The summed E-state index contributed by atoms with van der Waals surface area (Å²) in [5.41, 5.74) is 0.920. The Labute approximate surface area is 124 Å². The van der Waals surface area contributed by atoms with Crippen LogP contribution in [-0.2, 0) is 9.53 Å². The minimum Gasteiger partial charge on any atom is -0.469 e. The summed E-state index contributed by atoms with van der Waals surface area (Å²) in [5, 5.41) is 22.1. The highest BCUT2D eigenvalue weighted by Gasteiger charge is 2.56. The summed E-state index contributed by atoms with van der Waals surface area (Å²) in [7, 11) is 1.36. The average molecular weight is 288 g/mol. The summed E-state index contributed by atoms with van der Waals surface area (Å²) < 4.78 is 4.76. The Balaban J connectivity index is 2.06. The number of aliphatic hydroxyl groups is 1. The second-order valence-electron chi connectivity index (χ2n) is 5.40. The van der Waals surface area contributed by atoms with Gasteiger partial charge in [-0.15, -0.1) is 0 Å². The van der Waals surface area contributed by atoms with E-state index in [1.165, 1.54) is 7.11 Å². The number of methoxy groups -OCH3 is 1. The molecule has 5 atom stereocenters. The molecule has 1 aromatic rings. The van der Waals surface area contributed by atoms with Crippen LogP contribution in [-0.4, -0.2) is 30.8 Å². The van der Waals surface area contributed by atoms with Crippen molar-refractivity contribution in [1.82, 2.24) is 5.32 Å². The van der Waals surface area contributed by atoms with Gasteiger partial charge in [-0.05, 0) is 11.5 Å². The summed E-state index contributed by atoms with van der Waals surface area (Å²) in [6.45, 7) is 1.83. The standard InChI is InChI=1S/C16H20N2O3/c1-10-14(15(10)16(20)21-2)12(8-17)18-13(9-19)11-6-4-3-5-7-11/h3-7,10,12-15,18-19H,9H2,1-2H3/t10-,12-,13+,14-,15+/m1/s1. The van der Waals surface area contributed by atoms with Crippen molar-refractivity contribution in [3.8, 4) is 6.07 Å². The van der Waals surface area contributed by atoms with Crippen molar-refractivity contribution in [3.05, 3.63) is 35.9 Å². The lowest BCUT2D eigenvalue weighted by Gasteiger charge is -2.20. The quantitative estimate of drug-likeness (QED) is 0.770. The largest absolute Gasteiger partial charge is 0.469 e. The van der Waals surface area contributed by atoms with Crippen LogP contribution < -0.4 is 5.32 Å². The van der Waals surface area contributed by atoms with Gasteiger partial charge < -0.3 is 9.84 Å². The number of rotatable bonds is 6. The molecule has 0 bridgehead atoms. The second-order valence-corrected chi connectivity index (χ2v) is 5.40. The summed E-state index contributed by atoms with van der Waals surface area (Å²) >= 11 is 0. The molecule has 1 fully saturated rings. The summed E-state index contributed by atoms with van der Waals surface area (Å²) in [6, 6.07) is 10.9. The Hall–Kier alpha value is -1.90. The summed E-state index contributed by atoms with van der Waals surface area (Å²) in [6.07, 6.45) is 0. The van der Waals surface area contributed by atoms with Crippen molar-refractivity contribution in [2.45, 2.75) is 19.0 Å². The van der Waals surface area contributed by atoms with Gasteiger partial charge in [-0.1, -0.05) is 37.3 Å². The molecule has 5 nitrogen and oxygen atoms in total. The number of benzene rings is 1. The number of nitrogens with one attached hydrogen (secondary N) is 1. The highest BCUT2D eigenvalue weighted by molar-refractivity contribution is 5.76. The van der Waals surface area contributed by atoms with Crippen LogP contribution in [0.3, 0.4) is 0 Å². The van der Waals surface area contributed by atoms with E-state index in [4.69, 9.17) is 4.74 Å². The normalized spacial score (nSPS) is 26.5. The van der Waals surface area contributed by atoms with E-state index in [2.05, 4.69) is 11.4 Å². The van der Waals surface area contributed by atoms with Crippen LogP contribution in [0.4, 0.5) is 0 Å². The maximum absolute atomic E-state index is 11.6. The number of ether oxygens (including phenoxy) is 1. The van der Waals surface area contributed by atoms with Gasteiger partial charge in [-0.2, -0.15) is 5.26 Å². The van der Waals surface area contributed by atoms with Gasteiger partial charge in [0.25, 0.3) is 0 Å². The Bertz CT molecular complexity index is 526. The van der Waals surface area contributed by atoms with Gasteiger partial charge in [0, 0.05) is 5.92 Å². The number of carbonyl (C=O) groups is 1. The first-order chi connectivity index (χ1) is 10.1. The van der Waals surface area contributed by atoms with Crippen LogP contribution in [0, 0.1) is 29.1 Å². The van der Waals surface area contributed by atoms with Gasteiger partial charge in [-0.25, -0.2) is 0 Å². The lowest BCUT2D eigenvalue weighted by molar-refractivity contribution is -0.142. The average Bonchev–Trinajstić information content (AvgIpc) is 3.19. The fourth-order valence-corrected chi connectivity index (χ4v) is 2.90. The molecule has 0 heterocycles. The molecule has 21 heavy (non-hydrogen) atoms. The third-order valence-corrected chi connectivity index (χ3v) is 4.21. The third-order valence-electron chi connectivity index (χ3n) is 4.21. The number of nitrogens with zero attached hydrogens (tertiary/aromatic N) is 1. The molecule has 0 spiro atoms. The van der Waals surface area contributed by atoms with E-state index in [-0.39, 0.29) is 36.4 Å². The number of hydrogen-bond donors (Lipinski definition) is 2. The van der Waals surface area contributed by atoms with E-state index in [0.717, 1.165) is 5.56 Å². The van der Waals surface area contributed by atoms with E-state index in [1.54, 1.807) is 0 Å². The zero-order valence-corrected chi connectivity index (χ0v) is 12.2. The number of esters is 1. The molecule has 0 aromatic heterocycles. The molecule has 2 rings (SSSR count). The van der Waals surface area contributed by atoms with Gasteiger partial charge in [-0.3, -0.25) is 10.1 Å². The van der Waals surface area contributed by atoms with Crippen LogP contribution in [0.2, 0.25) is 0 Å². The second kappa shape index (κ2) is 6.70. The molecular weight excluding hydrogens is 268 g/mol. The van der Waals surface area contributed by atoms with Gasteiger partial charge in [0.15, 0.2) is 0 Å². The zero-order valence-electron chi connectivity index (χ0n) is 12.2. The number of carbonyl (C=O) groups excluding carboxylic acids is 1. The van der Waals surface area contributed by atoms with E-state index in [1.807, 2.05) is 37.3 Å². The predicted molar refractivity (Wildman–Crippen MR) is 77.0 cm³/mol. The molecule has 1 saturated carbocycles. The van der Waals surface area contributed by atoms with Crippen LogP contribution in [0.1, 0.15) is 18.5 Å². The molecule has 112 valence electrons. The first-order valence-electron chi connectivity index (χ1n) is 7.03. The summed E-state index contributed by atoms with van der Waals surface area (Å²) in [5.74, 6) is -0.456. The van der Waals surface area contributed by atoms with Crippen molar-refractivity contribution in [1.29, 1.82) is 5.26 Å². The molecule has 1 aliphatic rings. The van der Waals surface area contributed by atoms with Crippen LogP contribution >= 0.6 is 0 Å². The van der Waals surface area contributed by atoms with Crippen molar-refractivity contribution in [3.63, 3.8) is 0 Å². The molecule has 0 radical (unpaired) electrons. The molecular formula is C16H20N2O3. The lowest BCUT2D eigenvalue weighted by Crippen LogP contribution is -2.36. The number of hydrogen-bond acceptors (Lipinski definition) is 5. The monoisotopic (exact) mass is 288 g/mol. The number of aliphatic hydroxyl groups excluding tert-OH is 1. The minimum atomic E-state index is -0.485. The Morgan fingerprint density at radius 3 is 2.67 bits per heavy atom. The fourth-order valence-electron chi connectivity index (χ4n) is 2.90. The maximum Gasteiger partial charge on any atom is 0.309 e. The zero-order chi connectivity index (χ0) is 15.4. The first kappa shape index (κ1) is 15.5. The highest BCUT2D eigenvalue weighted by Crippen LogP contribution is 2.49. The van der Waals surface area contributed by atoms with Crippen LogP contribution in [0.25, 0.3) is 0 Å². The van der Waals surface area contributed by atoms with Crippen molar-refractivity contribution < 1.29 is 14.6 Å². The SMILES string of the molecule is COC(=O)[C@H]1[C@H](C)[C@@H]1[C@@H](C#N)N[C@@H](CO)c1ccccc1. The third kappa shape index (κ3) is 3.23. The summed E-state index contributed by atoms with van der Waals surface area (Å²) in [4.78, 5) is 11.6. The van der Waals surface area contributed by atoms with Crippen molar-refractivity contribution in [2.24, 2.45) is 17.8 Å². The Morgan fingerprint density at radius 2 is 2.14 bits per heavy atom. The molecule has 1 aromatic carbocycles. The van der Waals surface area contributed by atoms with E-state index in [9.17, 15) is 15.2 Å². The number of nitriles is 1.